The molecule has 0 saturated carbocycles. The van der Waals surface area contributed by atoms with E-state index in [2.05, 4.69) is 92.9 Å². The Morgan fingerprint density at radius 3 is 2.08 bits per heavy atom. The van der Waals surface area contributed by atoms with Crippen LogP contribution in [0.25, 0.3) is 0 Å². The number of quaternary nitrogens is 1. The molecule has 2 aromatic heterocycles. The Balaban J connectivity index is 0.000000208. The highest BCUT2D eigenvalue weighted by molar-refractivity contribution is 9.10. The van der Waals surface area contributed by atoms with E-state index in [0.29, 0.717) is 23.9 Å². The van der Waals surface area contributed by atoms with Gasteiger partial charge in [0.25, 0.3) is 5.91 Å². The zero-order valence-electron chi connectivity index (χ0n) is 23.2. The number of carbonyl (C=O) groups is 2. The number of amides is 1. The molecule has 0 radical (unpaired) electrons. The summed E-state index contributed by atoms with van der Waals surface area (Å²) in [6, 6.07) is 14.5. The SMILES string of the molecule is CC[N+](CC)(CC)Cc1ccccc1.CN1C(=O)COc2ncc(Br)cc21.O=C1COc2ncc(Br)cc2C1.[Cl-]. The largest absolute Gasteiger partial charge is 1.00 e. The van der Waals surface area contributed by atoms with Crippen molar-refractivity contribution in [2.75, 3.05) is 44.8 Å². The second kappa shape index (κ2) is 16.0. The van der Waals surface area contributed by atoms with Gasteiger partial charge in [0.05, 0.1) is 19.6 Å². The van der Waals surface area contributed by atoms with Crippen molar-refractivity contribution in [2.45, 2.75) is 33.7 Å². The Labute approximate surface area is 259 Å². The van der Waals surface area contributed by atoms with Crippen LogP contribution in [0.2, 0.25) is 0 Å². The van der Waals surface area contributed by atoms with E-state index in [9.17, 15) is 9.59 Å². The number of rotatable bonds is 5. The number of ketones is 1. The van der Waals surface area contributed by atoms with Crippen LogP contribution in [0, 0.1) is 0 Å². The van der Waals surface area contributed by atoms with E-state index in [1.54, 1.807) is 25.5 Å². The van der Waals surface area contributed by atoms with Crippen LogP contribution in [0.1, 0.15) is 31.9 Å². The molecule has 3 aromatic rings. The van der Waals surface area contributed by atoms with Crippen LogP contribution in [-0.2, 0) is 22.6 Å². The van der Waals surface area contributed by atoms with Crippen molar-refractivity contribution in [3.05, 3.63) is 74.9 Å². The summed E-state index contributed by atoms with van der Waals surface area (Å²) in [6.45, 7) is 11.9. The first-order valence-electron chi connectivity index (χ1n) is 12.9. The summed E-state index contributed by atoms with van der Waals surface area (Å²) in [7, 11) is 1.71. The van der Waals surface area contributed by atoms with E-state index >= 15 is 0 Å². The maximum absolute atomic E-state index is 11.2. The van der Waals surface area contributed by atoms with Gasteiger partial charge in [-0.1, -0.05) is 30.3 Å². The number of hydrogen-bond donors (Lipinski definition) is 0. The lowest BCUT2D eigenvalue weighted by molar-refractivity contribution is -0.936. The summed E-state index contributed by atoms with van der Waals surface area (Å²) >= 11 is 6.56. The first-order valence-corrected chi connectivity index (χ1v) is 14.5. The molecule has 0 saturated heterocycles. The maximum atomic E-state index is 11.2. The van der Waals surface area contributed by atoms with E-state index in [-0.39, 0.29) is 37.3 Å². The van der Waals surface area contributed by atoms with Crippen LogP contribution in [0.15, 0.2) is 63.8 Å². The molecule has 2 aliphatic heterocycles. The molecule has 2 aliphatic rings. The molecule has 0 unspecified atom stereocenters. The Morgan fingerprint density at radius 1 is 0.875 bits per heavy atom. The molecule has 0 fully saturated rings. The van der Waals surface area contributed by atoms with Crippen molar-refractivity contribution in [1.29, 1.82) is 0 Å². The van der Waals surface area contributed by atoms with Gasteiger partial charge in [0.2, 0.25) is 11.8 Å². The normalized spacial score (nSPS) is 13.6. The summed E-state index contributed by atoms with van der Waals surface area (Å²) in [4.78, 5) is 31.8. The van der Waals surface area contributed by atoms with Crippen molar-refractivity contribution in [1.82, 2.24) is 9.97 Å². The number of aromatic nitrogens is 2. The van der Waals surface area contributed by atoms with Crippen LogP contribution in [-0.4, -0.2) is 66.0 Å². The number of pyridine rings is 2. The fraction of sp³-hybridized carbons (Fsp3) is 0.379. The molecule has 8 nitrogen and oxygen atoms in total. The van der Waals surface area contributed by atoms with E-state index in [1.807, 2.05) is 6.07 Å². The number of nitrogens with zero attached hydrogens (tertiary/aromatic N) is 4. The second-order valence-corrected chi connectivity index (χ2v) is 11.1. The number of anilines is 1. The molecular formula is C29H35Br2ClN4O4. The Hall–Kier alpha value is -2.53. The minimum Gasteiger partial charge on any atom is -1.00 e. The van der Waals surface area contributed by atoms with Crippen LogP contribution < -0.4 is 26.8 Å². The summed E-state index contributed by atoms with van der Waals surface area (Å²) in [5.41, 5.74) is 3.02. The fourth-order valence-electron chi connectivity index (χ4n) is 4.24. The average Bonchev–Trinajstić information content (AvgIpc) is 2.95. The average molecular weight is 699 g/mol. The number of benzene rings is 1. The van der Waals surface area contributed by atoms with Gasteiger partial charge in [0, 0.05) is 45.9 Å². The molecule has 0 aliphatic carbocycles. The highest BCUT2D eigenvalue weighted by atomic mass is 79.9. The van der Waals surface area contributed by atoms with Gasteiger partial charge in [-0.3, -0.25) is 9.59 Å². The highest BCUT2D eigenvalue weighted by Gasteiger charge is 2.23. The van der Waals surface area contributed by atoms with Crippen molar-refractivity contribution in [2.24, 2.45) is 0 Å². The molecule has 216 valence electrons. The van der Waals surface area contributed by atoms with Gasteiger partial charge < -0.3 is 31.3 Å². The van der Waals surface area contributed by atoms with Crippen molar-refractivity contribution in [3.8, 4) is 11.8 Å². The lowest BCUT2D eigenvalue weighted by atomic mass is 10.1. The van der Waals surface area contributed by atoms with E-state index in [1.165, 1.54) is 41.1 Å². The maximum Gasteiger partial charge on any atom is 0.264 e. The molecule has 5 rings (SSSR count). The topological polar surface area (TPSA) is 81.6 Å². The van der Waals surface area contributed by atoms with Crippen LogP contribution in [0.4, 0.5) is 5.69 Å². The van der Waals surface area contributed by atoms with Gasteiger partial charge in [0.15, 0.2) is 12.4 Å². The number of Topliss-reactive ketones (excluding diaryl/α,β-unsaturated/α-hetero) is 1. The summed E-state index contributed by atoms with van der Waals surface area (Å²) in [6.07, 6.45) is 3.73. The van der Waals surface area contributed by atoms with E-state index in [4.69, 9.17) is 9.47 Å². The quantitative estimate of drug-likeness (QED) is 0.382. The third-order valence-electron chi connectivity index (χ3n) is 6.89. The zero-order chi connectivity index (χ0) is 28.4. The van der Waals surface area contributed by atoms with Crippen molar-refractivity contribution in [3.63, 3.8) is 0 Å². The van der Waals surface area contributed by atoms with Crippen molar-refractivity contribution < 1.29 is 36.0 Å². The minimum absolute atomic E-state index is 0. The standard InChI is InChI=1S/C13H22N.C8H7BrN2O2.C8H6BrNO2.ClH/c1-4-14(5-2,6-3)12-13-10-8-7-9-11-13;1-11-6-2-5(9)3-10-8(6)13-4-7(11)12;9-6-1-5-2-7(11)4-12-8(5)10-3-6;/h7-11H,4-6,12H2,1-3H3;2-3H,4H2,1H3;1,3H,2,4H2;1H/q+1;;;/p-1. The summed E-state index contributed by atoms with van der Waals surface area (Å²) in [5.74, 6) is 1.12. The second-order valence-electron chi connectivity index (χ2n) is 9.28. The van der Waals surface area contributed by atoms with Crippen molar-refractivity contribution >= 4 is 49.2 Å². The monoisotopic (exact) mass is 696 g/mol. The first-order chi connectivity index (χ1) is 18.7. The predicted octanol–water partition coefficient (Wildman–Crippen LogP) is 2.61. The summed E-state index contributed by atoms with van der Waals surface area (Å²) in [5, 5.41) is 0. The molecule has 11 heteroatoms. The molecule has 0 atom stereocenters. The summed E-state index contributed by atoms with van der Waals surface area (Å²) < 4.78 is 13.2. The Kier molecular flexibility index (Phi) is 13.5. The third-order valence-corrected chi connectivity index (χ3v) is 7.76. The zero-order valence-corrected chi connectivity index (χ0v) is 27.1. The number of halogens is 3. The molecular weight excluding hydrogens is 664 g/mol. The highest BCUT2D eigenvalue weighted by Crippen LogP contribution is 2.30. The smallest absolute Gasteiger partial charge is 0.264 e. The first kappa shape index (κ1) is 33.7. The molecule has 0 spiro atoms. The van der Waals surface area contributed by atoms with Gasteiger partial charge in [-0.05, 0) is 64.8 Å². The number of carbonyl (C=O) groups excluding carboxylic acids is 2. The van der Waals surface area contributed by atoms with E-state index in [0.717, 1.165) is 14.5 Å². The molecule has 0 bridgehead atoms. The number of likely N-dealkylation sites (N-methyl/N-ethyl adjacent to an activating group) is 1. The number of ether oxygens (including phenoxy) is 2. The number of hydrogen-bond acceptors (Lipinski definition) is 6. The molecule has 1 aromatic carbocycles. The van der Waals surface area contributed by atoms with Crippen LogP contribution in [0.5, 0.6) is 11.8 Å². The van der Waals surface area contributed by atoms with Gasteiger partial charge in [-0.15, -0.1) is 0 Å². The minimum atomic E-state index is -0.0626. The lowest BCUT2D eigenvalue weighted by Gasteiger charge is -2.35. The number of fused-ring (bicyclic) bond motifs is 2. The van der Waals surface area contributed by atoms with Gasteiger partial charge in [0.1, 0.15) is 18.8 Å². The molecule has 1 amide bonds. The Morgan fingerprint density at radius 2 is 1.45 bits per heavy atom. The third kappa shape index (κ3) is 9.26. The molecule has 40 heavy (non-hydrogen) atoms. The lowest BCUT2D eigenvalue weighted by Crippen LogP contribution is -3.00. The van der Waals surface area contributed by atoms with Gasteiger partial charge in [-0.2, -0.15) is 0 Å². The Bertz CT molecular complexity index is 1270. The van der Waals surface area contributed by atoms with Gasteiger partial charge in [-0.25, -0.2) is 9.97 Å². The fourth-order valence-corrected chi connectivity index (χ4v) is 4.94. The van der Waals surface area contributed by atoms with E-state index < -0.39 is 0 Å². The predicted molar refractivity (Wildman–Crippen MR) is 159 cm³/mol. The van der Waals surface area contributed by atoms with Gasteiger partial charge >= 0.3 is 0 Å². The molecule has 0 N–H and O–H groups in total. The van der Waals surface area contributed by atoms with Crippen LogP contribution in [0.3, 0.4) is 0 Å². The molecule has 4 heterocycles. The van der Waals surface area contributed by atoms with Crippen LogP contribution >= 0.6 is 31.9 Å².